The molecule has 1 fully saturated rings. The van der Waals surface area contributed by atoms with Gasteiger partial charge in [-0.05, 0) is 35.9 Å². The number of methoxy groups -OCH3 is 1. The maximum atomic E-state index is 12.7. The fourth-order valence-electron chi connectivity index (χ4n) is 2.38. The van der Waals surface area contributed by atoms with Crippen molar-refractivity contribution in [1.82, 2.24) is 0 Å². The monoisotopic (exact) mass is 387 g/mol. The number of aromatic carboxylic acids is 1. The number of carboxylic acids is 1. The Morgan fingerprint density at radius 3 is 2.50 bits per heavy atom. The van der Waals surface area contributed by atoms with Crippen molar-refractivity contribution in [2.45, 2.75) is 0 Å². The van der Waals surface area contributed by atoms with Gasteiger partial charge >= 0.3 is 5.97 Å². The number of carboxylic acid groups (broad SMARTS) is 1. The number of benzene rings is 2. The molecule has 2 N–H and O–H groups in total. The molecule has 1 aliphatic rings. The molecule has 0 unspecified atom stereocenters. The highest BCUT2D eigenvalue weighted by Crippen LogP contribution is 2.37. The molecule has 0 spiro atoms. The van der Waals surface area contributed by atoms with E-state index in [1.54, 1.807) is 25.3 Å². The highest BCUT2D eigenvalue weighted by molar-refractivity contribution is 8.27. The predicted octanol–water partition coefficient (Wildman–Crippen LogP) is 3.50. The Hall–Kier alpha value is -2.84. The molecule has 3 rings (SSSR count). The summed E-state index contributed by atoms with van der Waals surface area (Å²) in [6, 6.07) is 11.1. The van der Waals surface area contributed by atoms with E-state index in [1.165, 1.54) is 23.1 Å². The summed E-state index contributed by atoms with van der Waals surface area (Å²) in [4.78, 5) is 25.4. The molecule has 0 bridgehead atoms. The Balaban J connectivity index is 1.90. The first-order valence-electron chi connectivity index (χ1n) is 7.39. The first-order chi connectivity index (χ1) is 12.4. The fraction of sp³-hybridized carbons (Fsp3) is 0.0556. The number of aromatic hydroxyl groups is 1. The Bertz CT molecular complexity index is 937. The Labute approximate surface area is 158 Å². The van der Waals surface area contributed by atoms with E-state index in [-0.39, 0.29) is 11.5 Å². The number of hydrogen-bond donors (Lipinski definition) is 2. The van der Waals surface area contributed by atoms with Crippen LogP contribution in [0.25, 0.3) is 6.08 Å². The minimum atomic E-state index is -1.25. The van der Waals surface area contributed by atoms with Crippen LogP contribution < -0.4 is 9.64 Å². The van der Waals surface area contributed by atoms with E-state index in [2.05, 4.69) is 0 Å². The van der Waals surface area contributed by atoms with Gasteiger partial charge in [0.05, 0.1) is 17.7 Å². The molecule has 26 heavy (non-hydrogen) atoms. The molecule has 1 heterocycles. The maximum Gasteiger partial charge on any atom is 0.339 e. The number of ether oxygens (including phenoxy) is 1. The summed E-state index contributed by atoms with van der Waals surface area (Å²) in [7, 11) is 1.57. The number of phenols is 1. The quantitative estimate of drug-likeness (QED) is 0.613. The molecule has 2 aromatic carbocycles. The van der Waals surface area contributed by atoms with Gasteiger partial charge in [-0.15, -0.1) is 0 Å². The summed E-state index contributed by atoms with van der Waals surface area (Å²) in [5.74, 6) is -1.30. The standard InChI is InChI=1S/C18H13NO5S2/c1-24-12-5-2-10(3-6-12)8-15-16(21)19(18(25)26-15)11-4-7-13(17(22)23)14(20)9-11/h2-9,20H,1H3,(H,22,23)/b15-8-. The first-order valence-corrected chi connectivity index (χ1v) is 8.61. The molecule has 1 amide bonds. The SMILES string of the molecule is COc1ccc(/C=C2\SC(=S)N(c3ccc(C(=O)O)c(O)c3)C2=O)cc1. The lowest BCUT2D eigenvalue weighted by Gasteiger charge is -2.15. The van der Waals surface area contributed by atoms with Crippen LogP contribution in [-0.2, 0) is 4.79 Å². The molecule has 0 aliphatic carbocycles. The zero-order chi connectivity index (χ0) is 18.8. The third kappa shape index (κ3) is 3.42. The zero-order valence-corrected chi connectivity index (χ0v) is 15.1. The molecule has 0 saturated carbocycles. The van der Waals surface area contributed by atoms with Crippen LogP contribution >= 0.6 is 24.0 Å². The van der Waals surface area contributed by atoms with Crippen LogP contribution in [0.2, 0.25) is 0 Å². The van der Waals surface area contributed by atoms with Gasteiger partial charge in [0, 0.05) is 6.07 Å². The zero-order valence-electron chi connectivity index (χ0n) is 13.5. The third-order valence-corrected chi connectivity index (χ3v) is 4.98. The number of nitrogens with zero attached hydrogens (tertiary/aromatic N) is 1. The molecular weight excluding hydrogens is 374 g/mol. The van der Waals surface area contributed by atoms with Crippen molar-refractivity contribution in [3.05, 3.63) is 58.5 Å². The Kier molecular flexibility index (Phi) is 4.97. The van der Waals surface area contributed by atoms with Crippen LogP contribution in [0.4, 0.5) is 5.69 Å². The molecular formula is C18H13NO5S2. The molecule has 6 nitrogen and oxygen atoms in total. The highest BCUT2D eigenvalue weighted by Gasteiger charge is 2.33. The number of hydrogen-bond acceptors (Lipinski definition) is 6. The topological polar surface area (TPSA) is 87.1 Å². The van der Waals surface area contributed by atoms with Gasteiger partial charge in [-0.3, -0.25) is 9.69 Å². The van der Waals surface area contributed by atoms with Crippen molar-refractivity contribution in [2.75, 3.05) is 12.0 Å². The number of thioether (sulfide) groups is 1. The van der Waals surface area contributed by atoms with Crippen molar-refractivity contribution in [3.8, 4) is 11.5 Å². The second-order valence-corrected chi connectivity index (χ2v) is 6.97. The van der Waals surface area contributed by atoms with Gasteiger partial charge in [0.25, 0.3) is 5.91 Å². The first kappa shape index (κ1) is 18.0. The van der Waals surface area contributed by atoms with Crippen LogP contribution in [0.3, 0.4) is 0 Å². The summed E-state index contributed by atoms with van der Waals surface area (Å²) in [6.07, 6.45) is 1.71. The van der Waals surface area contributed by atoms with E-state index in [0.717, 1.165) is 17.3 Å². The van der Waals surface area contributed by atoms with Crippen molar-refractivity contribution in [1.29, 1.82) is 0 Å². The smallest absolute Gasteiger partial charge is 0.339 e. The van der Waals surface area contributed by atoms with Crippen molar-refractivity contribution in [3.63, 3.8) is 0 Å². The van der Waals surface area contributed by atoms with Crippen LogP contribution in [0.1, 0.15) is 15.9 Å². The van der Waals surface area contributed by atoms with Crippen LogP contribution in [0.5, 0.6) is 11.5 Å². The predicted molar refractivity (Wildman–Crippen MR) is 104 cm³/mol. The molecule has 0 aromatic heterocycles. The molecule has 0 radical (unpaired) electrons. The average Bonchev–Trinajstić information content (AvgIpc) is 2.88. The number of carbonyl (C=O) groups excluding carboxylic acids is 1. The van der Waals surface area contributed by atoms with Crippen LogP contribution in [0, 0.1) is 0 Å². The normalized spacial score (nSPS) is 15.6. The molecule has 132 valence electrons. The average molecular weight is 387 g/mol. The third-order valence-electron chi connectivity index (χ3n) is 3.68. The van der Waals surface area contributed by atoms with Crippen molar-refractivity contribution < 1.29 is 24.5 Å². The molecule has 0 atom stereocenters. The van der Waals surface area contributed by atoms with Gasteiger partial charge < -0.3 is 14.9 Å². The number of rotatable bonds is 4. The van der Waals surface area contributed by atoms with Crippen LogP contribution in [0.15, 0.2) is 47.4 Å². The molecule has 8 heteroatoms. The van der Waals surface area contributed by atoms with E-state index in [1.807, 2.05) is 12.1 Å². The number of anilines is 1. The minimum absolute atomic E-state index is 0.243. The molecule has 2 aromatic rings. The second kappa shape index (κ2) is 7.19. The summed E-state index contributed by atoms with van der Waals surface area (Å²) >= 11 is 6.41. The fourth-order valence-corrected chi connectivity index (χ4v) is 3.68. The number of amides is 1. The van der Waals surface area contributed by atoms with Crippen molar-refractivity contribution in [2.24, 2.45) is 0 Å². The molecule has 1 saturated heterocycles. The largest absolute Gasteiger partial charge is 0.507 e. The molecule has 1 aliphatic heterocycles. The minimum Gasteiger partial charge on any atom is -0.507 e. The second-order valence-electron chi connectivity index (χ2n) is 5.30. The van der Waals surface area contributed by atoms with E-state index in [0.29, 0.717) is 20.7 Å². The van der Waals surface area contributed by atoms with Gasteiger partial charge in [0.1, 0.15) is 17.1 Å². The van der Waals surface area contributed by atoms with Crippen LogP contribution in [-0.4, -0.2) is 33.5 Å². The number of carbonyl (C=O) groups is 2. The van der Waals surface area contributed by atoms with E-state index >= 15 is 0 Å². The van der Waals surface area contributed by atoms with E-state index < -0.39 is 11.7 Å². The van der Waals surface area contributed by atoms with E-state index in [4.69, 9.17) is 22.1 Å². The summed E-state index contributed by atoms with van der Waals surface area (Å²) in [5.41, 5.74) is 0.886. The number of thiocarbonyl (C=S) groups is 1. The van der Waals surface area contributed by atoms with Gasteiger partial charge in [-0.1, -0.05) is 36.1 Å². The van der Waals surface area contributed by atoms with Crippen molar-refractivity contribution >= 4 is 51.9 Å². The van der Waals surface area contributed by atoms with Gasteiger partial charge in [-0.2, -0.15) is 0 Å². The summed E-state index contributed by atoms with van der Waals surface area (Å²) in [6.45, 7) is 0. The Morgan fingerprint density at radius 2 is 1.92 bits per heavy atom. The lowest BCUT2D eigenvalue weighted by Crippen LogP contribution is -2.27. The summed E-state index contributed by atoms with van der Waals surface area (Å²) in [5, 5.41) is 18.8. The highest BCUT2D eigenvalue weighted by atomic mass is 32.2. The Morgan fingerprint density at radius 1 is 1.23 bits per heavy atom. The van der Waals surface area contributed by atoms with Gasteiger partial charge in [-0.25, -0.2) is 4.79 Å². The summed E-state index contributed by atoms with van der Waals surface area (Å²) < 4.78 is 5.41. The maximum absolute atomic E-state index is 12.7. The van der Waals surface area contributed by atoms with Gasteiger partial charge in [0.15, 0.2) is 4.32 Å². The lowest BCUT2D eigenvalue weighted by molar-refractivity contribution is -0.113. The van der Waals surface area contributed by atoms with E-state index in [9.17, 15) is 14.7 Å². The van der Waals surface area contributed by atoms with Gasteiger partial charge in [0.2, 0.25) is 0 Å². The lowest BCUT2D eigenvalue weighted by atomic mass is 10.1.